The van der Waals surface area contributed by atoms with E-state index in [4.69, 9.17) is 16.1 Å². The van der Waals surface area contributed by atoms with E-state index in [9.17, 15) is 13.2 Å². The van der Waals surface area contributed by atoms with Crippen LogP contribution in [0.4, 0.5) is 0 Å². The lowest BCUT2D eigenvalue weighted by Gasteiger charge is -2.09. The summed E-state index contributed by atoms with van der Waals surface area (Å²) >= 11 is 6.10. The monoisotopic (exact) mass is 421 g/mol. The summed E-state index contributed by atoms with van der Waals surface area (Å²) in [7, 11) is -2.71. The van der Waals surface area contributed by atoms with Crippen LogP contribution in [0.3, 0.4) is 0 Å². The number of hydrogen-bond acceptors (Lipinski definition) is 7. The highest BCUT2D eigenvalue weighted by atomic mass is 35.5. The van der Waals surface area contributed by atoms with Gasteiger partial charge in [-0.3, -0.25) is 0 Å². The van der Waals surface area contributed by atoms with Crippen LogP contribution in [0.1, 0.15) is 21.8 Å². The van der Waals surface area contributed by atoms with Crippen LogP contribution in [0, 0.1) is 6.92 Å². The van der Waals surface area contributed by atoms with Gasteiger partial charge in [-0.05, 0) is 36.8 Å². The zero-order chi connectivity index (χ0) is 20.3. The van der Waals surface area contributed by atoms with Crippen LogP contribution in [0.2, 0.25) is 5.02 Å². The fourth-order valence-electron chi connectivity index (χ4n) is 2.45. The topological polar surface area (TPSA) is 111 Å². The molecule has 0 unspecified atom stereocenters. The minimum atomic E-state index is -3.93. The molecule has 1 heterocycles. The first-order valence-electron chi connectivity index (χ1n) is 8.08. The summed E-state index contributed by atoms with van der Waals surface area (Å²) in [5.41, 5.74) is 1.18. The highest BCUT2D eigenvalue weighted by Gasteiger charge is 2.21. The SMILES string of the molecule is COC(=O)c1ccc(C)c(S(=O)(=O)NCc2nc(-c3ccccc3Cl)no2)c1. The Morgan fingerprint density at radius 2 is 2.00 bits per heavy atom. The summed E-state index contributed by atoms with van der Waals surface area (Å²) in [4.78, 5) is 15.8. The Labute approximate surface area is 166 Å². The van der Waals surface area contributed by atoms with E-state index in [0.717, 1.165) is 0 Å². The minimum absolute atomic E-state index is 0.0405. The van der Waals surface area contributed by atoms with E-state index in [2.05, 4.69) is 19.6 Å². The van der Waals surface area contributed by atoms with Crippen molar-refractivity contribution in [1.29, 1.82) is 0 Å². The summed E-state index contributed by atoms with van der Waals surface area (Å²) in [6.07, 6.45) is 0. The predicted molar refractivity (Wildman–Crippen MR) is 101 cm³/mol. The fraction of sp³-hybridized carbons (Fsp3) is 0.167. The van der Waals surface area contributed by atoms with E-state index in [-0.39, 0.29) is 28.7 Å². The normalized spacial score (nSPS) is 11.4. The van der Waals surface area contributed by atoms with Crippen LogP contribution in [-0.2, 0) is 21.3 Å². The summed E-state index contributed by atoms with van der Waals surface area (Å²) in [6.45, 7) is 1.40. The molecule has 1 aromatic heterocycles. The lowest BCUT2D eigenvalue weighted by Crippen LogP contribution is -2.24. The number of methoxy groups -OCH3 is 1. The predicted octanol–water partition coefficient (Wildman–Crippen LogP) is 2.96. The number of carbonyl (C=O) groups is 1. The van der Waals surface area contributed by atoms with Crippen LogP contribution in [-0.4, -0.2) is 31.6 Å². The number of aromatic nitrogens is 2. The van der Waals surface area contributed by atoms with Crippen LogP contribution in [0.15, 0.2) is 51.9 Å². The van der Waals surface area contributed by atoms with Gasteiger partial charge in [0.1, 0.15) is 0 Å². The molecule has 146 valence electrons. The summed E-state index contributed by atoms with van der Waals surface area (Å²) in [5, 5.41) is 4.27. The number of esters is 1. The Balaban J connectivity index is 1.80. The molecule has 8 nitrogen and oxygen atoms in total. The molecule has 3 rings (SSSR count). The Morgan fingerprint density at radius 1 is 1.25 bits per heavy atom. The molecule has 0 spiro atoms. The number of nitrogens with one attached hydrogen (secondary N) is 1. The van der Waals surface area contributed by atoms with E-state index in [0.29, 0.717) is 16.1 Å². The van der Waals surface area contributed by atoms with Gasteiger partial charge in [0.05, 0.1) is 29.1 Å². The molecule has 0 amide bonds. The second-order valence-corrected chi connectivity index (χ2v) is 7.93. The van der Waals surface area contributed by atoms with Crippen molar-refractivity contribution >= 4 is 27.6 Å². The number of halogens is 1. The number of benzene rings is 2. The fourth-order valence-corrected chi connectivity index (χ4v) is 3.91. The quantitative estimate of drug-likeness (QED) is 0.609. The third kappa shape index (κ3) is 4.22. The Morgan fingerprint density at radius 3 is 2.71 bits per heavy atom. The van der Waals surface area contributed by atoms with Crippen LogP contribution < -0.4 is 4.72 Å². The molecule has 10 heteroatoms. The Hall–Kier alpha value is -2.75. The van der Waals surface area contributed by atoms with Crippen LogP contribution in [0.25, 0.3) is 11.4 Å². The molecule has 0 aliphatic carbocycles. The van der Waals surface area contributed by atoms with E-state index in [1.807, 2.05) is 0 Å². The van der Waals surface area contributed by atoms with Crippen molar-refractivity contribution < 1.29 is 22.5 Å². The number of hydrogen-bond donors (Lipinski definition) is 1. The molecule has 0 saturated carbocycles. The van der Waals surface area contributed by atoms with Gasteiger partial charge < -0.3 is 9.26 Å². The molecule has 1 N–H and O–H groups in total. The van der Waals surface area contributed by atoms with E-state index in [1.54, 1.807) is 31.2 Å². The van der Waals surface area contributed by atoms with Crippen molar-refractivity contribution in [3.8, 4) is 11.4 Å². The largest absolute Gasteiger partial charge is 0.465 e. The zero-order valence-corrected chi connectivity index (χ0v) is 16.5. The van der Waals surface area contributed by atoms with E-state index in [1.165, 1.54) is 25.3 Å². The standard InChI is InChI=1S/C18H16ClN3O5S/c1-11-7-8-12(18(23)26-2)9-15(11)28(24,25)20-10-16-21-17(22-27-16)13-5-3-4-6-14(13)19/h3-9,20H,10H2,1-2H3. The van der Waals surface area contributed by atoms with Crippen molar-refractivity contribution in [2.75, 3.05) is 7.11 Å². The maximum Gasteiger partial charge on any atom is 0.337 e. The Kier molecular flexibility index (Phi) is 5.78. The van der Waals surface area contributed by atoms with Crippen LogP contribution >= 0.6 is 11.6 Å². The second kappa shape index (κ2) is 8.09. The van der Waals surface area contributed by atoms with Gasteiger partial charge in [0, 0.05) is 5.56 Å². The van der Waals surface area contributed by atoms with Crippen molar-refractivity contribution in [2.45, 2.75) is 18.4 Å². The molecule has 0 bridgehead atoms. The second-order valence-electron chi connectivity index (χ2n) is 5.79. The first-order valence-corrected chi connectivity index (χ1v) is 9.94. The van der Waals surface area contributed by atoms with Gasteiger partial charge in [-0.1, -0.05) is 35.0 Å². The maximum atomic E-state index is 12.6. The van der Waals surface area contributed by atoms with Gasteiger partial charge in [0.25, 0.3) is 0 Å². The highest BCUT2D eigenvalue weighted by molar-refractivity contribution is 7.89. The summed E-state index contributed by atoms with van der Waals surface area (Å²) in [5.74, 6) is -0.304. The number of carbonyl (C=O) groups excluding carboxylic acids is 1. The van der Waals surface area contributed by atoms with Gasteiger partial charge in [-0.2, -0.15) is 4.98 Å². The molecule has 0 aliphatic heterocycles. The van der Waals surface area contributed by atoms with Crippen molar-refractivity contribution in [1.82, 2.24) is 14.9 Å². The smallest absolute Gasteiger partial charge is 0.337 e. The third-order valence-corrected chi connectivity index (χ3v) is 5.77. The van der Waals surface area contributed by atoms with Crippen LogP contribution in [0.5, 0.6) is 0 Å². The lowest BCUT2D eigenvalue weighted by atomic mass is 10.1. The van der Waals surface area contributed by atoms with E-state index < -0.39 is 16.0 Å². The molecule has 28 heavy (non-hydrogen) atoms. The van der Waals surface area contributed by atoms with Crippen molar-refractivity contribution in [3.63, 3.8) is 0 Å². The molecular weight excluding hydrogens is 406 g/mol. The zero-order valence-electron chi connectivity index (χ0n) is 15.0. The molecule has 0 atom stereocenters. The molecule has 0 aliphatic rings. The van der Waals surface area contributed by atoms with Crippen molar-refractivity contribution in [2.24, 2.45) is 0 Å². The first-order chi connectivity index (χ1) is 13.3. The Bertz CT molecular complexity index is 1130. The average Bonchev–Trinajstić information content (AvgIpc) is 3.15. The molecule has 3 aromatic rings. The third-order valence-electron chi connectivity index (χ3n) is 3.90. The van der Waals surface area contributed by atoms with Gasteiger partial charge in [-0.15, -0.1) is 0 Å². The van der Waals surface area contributed by atoms with Gasteiger partial charge in [-0.25, -0.2) is 17.9 Å². The number of sulfonamides is 1. The summed E-state index contributed by atoms with van der Waals surface area (Å²) in [6, 6.07) is 11.2. The highest BCUT2D eigenvalue weighted by Crippen LogP contribution is 2.25. The number of aryl methyl sites for hydroxylation is 1. The molecule has 0 fully saturated rings. The molecule has 0 saturated heterocycles. The number of nitrogens with zero attached hydrogens (tertiary/aromatic N) is 2. The minimum Gasteiger partial charge on any atom is -0.465 e. The molecular formula is C18H16ClN3O5S. The van der Waals surface area contributed by atoms with E-state index >= 15 is 0 Å². The first kappa shape index (κ1) is 20.0. The molecule has 0 radical (unpaired) electrons. The van der Waals surface area contributed by atoms with Gasteiger partial charge >= 0.3 is 5.97 Å². The number of ether oxygens (including phenoxy) is 1. The van der Waals surface area contributed by atoms with Gasteiger partial charge in [0.2, 0.25) is 21.7 Å². The maximum absolute atomic E-state index is 12.6. The van der Waals surface area contributed by atoms with Crippen molar-refractivity contribution in [3.05, 3.63) is 64.5 Å². The number of rotatable bonds is 6. The average molecular weight is 422 g/mol. The summed E-state index contributed by atoms with van der Waals surface area (Å²) < 4.78 is 37.4. The molecule has 2 aromatic carbocycles. The lowest BCUT2D eigenvalue weighted by molar-refractivity contribution is 0.0600. The van der Waals surface area contributed by atoms with Gasteiger partial charge in [0.15, 0.2) is 0 Å².